The van der Waals surface area contributed by atoms with E-state index in [9.17, 15) is 14.6 Å². The van der Waals surface area contributed by atoms with Crippen LogP contribution in [-0.2, 0) is 0 Å². The molecule has 0 aromatic heterocycles. The maximum Gasteiger partial charge on any atom is 0.123 e. The van der Waals surface area contributed by atoms with Crippen molar-refractivity contribution in [3.63, 3.8) is 0 Å². The quantitative estimate of drug-likeness (QED) is 0.832. The Hall–Kier alpha value is -0.970. The van der Waals surface area contributed by atoms with Gasteiger partial charge in [-0.05, 0) is 30.5 Å². The van der Waals surface area contributed by atoms with Gasteiger partial charge < -0.3 is 15.1 Å². The van der Waals surface area contributed by atoms with E-state index in [1.807, 2.05) is 0 Å². The second kappa shape index (κ2) is 5.58. The minimum atomic E-state index is -0.636. The van der Waals surface area contributed by atoms with Crippen LogP contribution in [0.2, 0.25) is 0 Å². The van der Waals surface area contributed by atoms with Crippen molar-refractivity contribution in [3.8, 4) is 0 Å². The zero-order chi connectivity index (χ0) is 12.3. The highest BCUT2D eigenvalue weighted by molar-refractivity contribution is 5.18. The average molecular weight is 239 g/mol. The van der Waals surface area contributed by atoms with E-state index in [1.54, 1.807) is 12.1 Å². The van der Waals surface area contributed by atoms with Gasteiger partial charge in [-0.3, -0.25) is 0 Å². The van der Waals surface area contributed by atoms with Gasteiger partial charge in [0.15, 0.2) is 0 Å². The number of nitrogens with zero attached hydrogens (tertiary/aromatic N) is 1. The molecule has 2 N–H and O–H groups in total. The normalized spacial score (nSPS) is 22.9. The lowest BCUT2D eigenvalue weighted by molar-refractivity contribution is 0.138. The Kier molecular flexibility index (Phi) is 4.10. The Bertz CT molecular complexity index is 372. The summed E-state index contributed by atoms with van der Waals surface area (Å²) in [6.45, 7) is 2.28. The number of likely N-dealkylation sites (tertiary alicyclic amines) is 1. The maximum atomic E-state index is 13.0. The molecule has 2 unspecified atom stereocenters. The van der Waals surface area contributed by atoms with Crippen LogP contribution in [0.25, 0.3) is 0 Å². The van der Waals surface area contributed by atoms with Crippen LogP contribution in [0.3, 0.4) is 0 Å². The highest BCUT2D eigenvalue weighted by Crippen LogP contribution is 2.19. The van der Waals surface area contributed by atoms with E-state index in [0.29, 0.717) is 18.5 Å². The van der Waals surface area contributed by atoms with E-state index < -0.39 is 6.10 Å². The number of hydrogen-bond acceptors (Lipinski definition) is 3. The van der Waals surface area contributed by atoms with Crippen LogP contribution in [0.5, 0.6) is 0 Å². The number of rotatable bonds is 4. The van der Waals surface area contributed by atoms with Gasteiger partial charge in [-0.1, -0.05) is 12.1 Å². The third-order valence-electron chi connectivity index (χ3n) is 3.20. The topological polar surface area (TPSA) is 43.7 Å². The first-order valence-electron chi connectivity index (χ1n) is 5.99. The Morgan fingerprint density at radius 1 is 1.47 bits per heavy atom. The average Bonchev–Trinajstić information content (AvgIpc) is 2.72. The molecule has 2 atom stereocenters. The molecule has 3 nitrogen and oxygen atoms in total. The highest BCUT2D eigenvalue weighted by Gasteiger charge is 2.20. The Morgan fingerprint density at radius 3 is 2.94 bits per heavy atom. The summed E-state index contributed by atoms with van der Waals surface area (Å²) in [5.41, 5.74) is 0.616. The van der Waals surface area contributed by atoms with Gasteiger partial charge in [0.1, 0.15) is 5.82 Å². The Morgan fingerprint density at radius 2 is 2.29 bits per heavy atom. The summed E-state index contributed by atoms with van der Waals surface area (Å²) in [5.74, 6) is -0.321. The van der Waals surface area contributed by atoms with Gasteiger partial charge in [-0.15, -0.1) is 0 Å². The van der Waals surface area contributed by atoms with Crippen LogP contribution in [-0.4, -0.2) is 40.9 Å². The standard InChI is InChI=1S/C13H18FNO2/c14-11-3-1-2-10(8-11)13(17)5-7-15-6-4-12(16)9-15/h1-3,8,12-13,16-17H,4-7,9H2. The summed E-state index contributed by atoms with van der Waals surface area (Å²) in [5, 5.41) is 19.3. The molecule has 1 aliphatic rings. The molecule has 2 rings (SSSR count). The molecule has 0 aliphatic carbocycles. The lowest BCUT2D eigenvalue weighted by atomic mass is 10.1. The smallest absolute Gasteiger partial charge is 0.123 e. The fraction of sp³-hybridized carbons (Fsp3) is 0.538. The van der Waals surface area contributed by atoms with Crippen LogP contribution in [0.4, 0.5) is 4.39 Å². The molecular formula is C13H18FNO2. The van der Waals surface area contributed by atoms with E-state index >= 15 is 0 Å². The summed E-state index contributed by atoms with van der Waals surface area (Å²) < 4.78 is 13.0. The van der Waals surface area contributed by atoms with Crippen molar-refractivity contribution >= 4 is 0 Å². The molecule has 0 saturated carbocycles. The first-order valence-corrected chi connectivity index (χ1v) is 5.99. The molecule has 1 fully saturated rings. The predicted octanol–water partition coefficient (Wildman–Crippen LogP) is 1.32. The van der Waals surface area contributed by atoms with Crippen molar-refractivity contribution in [1.82, 2.24) is 4.90 Å². The van der Waals surface area contributed by atoms with Crippen molar-refractivity contribution in [1.29, 1.82) is 0 Å². The van der Waals surface area contributed by atoms with Gasteiger partial charge in [0.05, 0.1) is 12.2 Å². The monoisotopic (exact) mass is 239 g/mol. The predicted molar refractivity (Wildman–Crippen MR) is 63.0 cm³/mol. The molecule has 1 heterocycles. The molecular weight excluding hydrogens is 221 g/mol. The summed E-state index contributed by atoms with van der Waals surface area (Å²) in [7, 11) is 0. The van der Waals surface area contributed by atoms with E-state index in [1.165, 1.54) is 12.1 Å². The van der Waals surface area contributed by atoms with E-state index in [4.69, 9.17) is 0 Å². The number of β-amino-alcohol motifs (C(OH)–C–C–N with tert-alkyl or cyclic N) is 1. The van der Waals surface area contributed by atoms with Gasteiger partial charge >= 0.3 is 0 Å². The van der Waals surface area contributed by atoms with Gasteiger partial charge in [0.25, 0.3) is 0 Å². The molecule has 1 aromatic carbocycles. The van der Waals surface area contributed by atoms with Crippen LogP contribution < -0.4 is 0 Å². The molecule has 1 aliphatic heterocycles. The van der Waals surface area contributed by atoms with E-state index in [0.717, 1.165) is 19.5 Å². The minimum absolute atomic E-state index is 0.235. The van der Waals surface area contributed by atoms with Crippen molar-refractivity contribution in [3.05, 3.63) is 35.6 Å². The SMILES string of the molecule is OC1CCN(CCC(O)c2cccc(F)c2)C1. The molecule has 1 saturated heterocycles. The molecule has 4 heteroatoms. The van der Waals surface area contributed by atoms with Gasteiger partial charge in [-0.25, -0.2) is 4.39 Å². The maximum absolute atomic E-state index is 13.0. The van der Waals surface area contributed by atoms with Crippen molar-refractivity contribution in [2.24, 2.45) is 0 Å². The zero-order valence-corrected chi connectivity index (χ0v) is 9.72. The van der Waals surface area contributed by atoms with E-state index in [-0.39, 0.29) is 11.9 Å². The van der Waals surface area contributed by atoms with Gasteiger partial charge in [-0.2, -0.15) is 0 Å². The number of aliphatic hydroxyl groups excluding tert-OH is 2. The molecule has 0 spiro atoms. The zero-order valence-electron chi connectivity index (χ0n) is 9.72. The molecule has 17 heavy (non-hydrogen) atoms. The molecule has 0 bridgehead atoms. The van der Waals surface area contributed by atoms with Crippen LogP contribution in [0, 0.1) is 5.82 Å². The Balaban J connectivity index is 1.83. The number of halogens is 1. The second-order valence-electron chi connectivity index (χ2n) is 4.60. The third-order valence-corrected chi connectivity index (χ3v) is 3.20. The second-order valence-corrected chi connectivity index (χ2v) is 4.60. The molecule has 0 radical (unpaired) electrons. The highest BCUT2D eigenvalue weighted by atomic mass is 19.1. The summed E-state index contributed by atoms with van der Waals surface area (Å²) in [4.78, 5) is 2.12. The van der Waals surface area contributed by atoms with Gasteiger partial charge in [0, 0.05) is 19.6 Å². The minimum Gasteiger partial charge on any atom is -0.392 e. The summed E-state index contributed by atoms with van der Waals surface area (Å²) >= 11 is 0. The molecule has 1 aromatic rings. The number of benzene rings is 1. The largest absolute Gasteiger partial charge is 0.392 e. The first kappa shape index (κ1) is 12.5. The van der Waals surface area contributed by atoms with Crippen molar-refractivity contribution in [2.75, 3.05) is 19.6 Å². The van der Waals surface area contributed by atoms with Crippen LogP contribution in [0.1, 0.15) is 24.5 Å². The lowest BCUT2D eigenvalue weighted by Gasteiger charge is -2.17. The fourth-order valence-corrected chi connectivity index (χ4v) is 2.20. The third kappa shape index (κ3) is 3.49. The van der Waals surface area contributed by atoms with Crippen molar-refractivity contribution in [2.45, 2.75) is 25.0 Å². The van der Waals surface area contributed by atoms with Crippen molar-refractivity contribution < 1.29 is 14.6 Å². The number of aliphatic hydroxyl groups is 2. The van der Waals surface area contributed by atoms with Gasteiger partial charge in [0.2, 0.25) is 0 Å². The molecule has 94 valence electrons. The number of hydrogen-bond donors (Lipinski definition) is 2. The lowest BCUT2D eigenvalue weighted by Crippen LogP contribution is -2.24. The summed E-state index contributed by atoms with van der Waals surface area (Å²) in [6.07, 6.45) is 0.497. The summed E-state index contributed by atoms with van der Waals surface area (Å²) in [6, 6.07) is 6.07. The van der Waals surface area contributed by atoms with Crippen LogP contribution in [0.15, 0.2) is 24.3 Å². The van der Waals surface area contributed by atoms with Crippen LogP contribution >= 0.6 is 0 Å². The fourth-order valence-electron chi connectivity index (χ4n) is 2.20. The van der Waals surface area contributed by atoms with E-state index in [2.05, 4.69) is 4.90 Å². The molecule has 0 amide bonds. The Labute approximate surface area is 100 Å². The first-order chi connectivity index (χ1) is 8.15.